The fraction of sp³-hybridized carbons (Fsp3) is 0.350. The van der Waals surface area contributed by atoms with Gasteiger partial charge in [-0.3, -0.25) is 0 Å². The highest BCUT2D eigenvalue weighted by atomic mass is 79.9. The van der Waals surface area contributed by atoms with Gasteiger partial charge < -0.3 is 9.80 Å². The second-order valence-corrected chi connectivity index (χ2v) is 7.45. The monoisotopic (exact) mass is 385 g/mol. The first-order valence-corrected chi connectivity index (χ1v) is 9.13. The molecule has 1 aliphatic rings. The number of nitrogens with zero attached hydrogens (tertiary/aromatic N) is 3. The molecule has 4 heteroatoms. The third kappa shape index (κ3) is 3.48. The highest BCUT2D eigenvalue weighted by molar-refractivity contribution is 9.10. The Hall–Kier alpha value is -1.81. The van der Waals surface area contributed by atoms with Gasteiger partial charge in [-0.1, -0.05) is 34.6 Å². The Morgan fingerprint density at radius 1 is 1.04 bits per heavy atom. The van der Waals surface area contributed by atoms with Crippen molar-refractivity contribution < 1.29 is 0 Å². The molecule has 1 fully saturated rings. The van der Waals surface area contributed by atoms with E-state index in [2.05, 4.69) is 82.3 Å². The van der Waals surface area contributed by atoms with Crippen molar-refractivity contribution in [2.45, 2.75) is 20.8 Å². The fourth-order valence-corrected chi connectivity index (χ4v) is 3.82. The summed E-state index contributed by atoms with van der Waals surface area (Å²) in [6.07, 6.45) is 1.96. The quantitative estimate of drug-likeness (QED) is 0.771. The molecule has 1 aromatic heterocycles. The second kappa shape index (κ2) is 6.98. The van der Waals surface area contributed by atoms with Crippen molar-refractivity contribution in [3.8, 4) is 0 Å². The lowest BCUT2D eigenvalue weighted by molar-refractivity contribution is 0.366. The van der Waals surface area contributed by atoms with Gasteiger partial charge in [0.15, 0.2) is 0 Å². The number of hydrogen-bond acceptors (Lipinski definition) is 3. The zero-order chi connectivity index (χ0) is 17.3. The van der Waals surface area contributed by atoms with Crippen molar-refractivity contribution in [1.29, 1.82) is 0 Å². The molecular weight excluding hydrogens is 362 g/mol. The van der Waals surface area contributed by atoms with Crippen molar-refractivity contribution in [3.05, 3.63) is 63.8 Å². The van der Waals surface area contributed by atoms with E-state index in [1.54, 1.807) is 0 Å². The number of piperazine rings is 1. The summed E-state index contributed by atoms with van der Waals surface area (Å²) >= 11 is 3.53. The Balaban J connectivity index is 1.69. The number of aromatic nitrogens is 1. The lowest BCUT2D eigenvalue weighted by atomic mass is 10.1. The van der Waals surface area contributed by atoms with E-state index in [1.165, 1.54) is 22.3 Å². The van der Waals surface area contributed by atoms with Gasteiger partial charge in [0, 0.05) is 48.1 Å². The van der Waals surface area contributed by atoms with Crippen molar-refractivity contribution in [1.82, 2.24) is 9.88 Å². The van der Waals surface area contributed by atoms with Crippen LogP contribution < -0.4 is 4.90 Å². The molecule has 0 unspecified atom stereocenters. The Kier molecular flexibility index (Phi) is 4.95. The number of halogens is 1. The number of pyridine rings is 1. The summed E-state index contributed by atoms with van der Waals surface area (Å²) in [7, 11) is 0. The van der Waals surface area contributed by atoms with E-state index in [1.807, 2.05) is 6.20 Å². The van der Waals surface area contributed by atoms with Crippen LogP contribution in [0.5, 0.6) is 0 Å². The van der Waals surface area contributed by atoms with Crippen LogP contribution in [0.4, 0.5) is 5.82 Å². The minimum absolute atomic E-state index is 0.976. The average Bonchev–Trinajstić information content (AvgIpc) is 2.54. The molecule has 0 bridgehead atoms. The molecule has 0 N–H and O–H groups in total. The number of anilines is 1. The van der Waals surface area contributed by atoms with Gasteiger partial charge in [0.1, 0.15) is 5.82 Å². The van der Waals surface area contributed by atoms with Gasteiger partial charge >= 0.3 is 0 Å². The van der Waals surface area contributed by atoms with Gasteiger partial charge in [0.2, 0.25) is 0 Å². The molecule has 3 rings (SSSR count). The molecular formula is C20H24BrN3. The molecule has 3 nitrogen and oxygen atoms in total. The summed E-state index contributed by atoms with van der Waals surface area (Å²) in [5, 5.41) is 0. The number of aryl methyl sites for hydroxylation is 3. The summed E-state index contributed by atoms with van der Waals surface area (Å²) in [6.45, 7) is 14.6. The number of hydrogen-bond donors (Lipinski definition) is 0. The highest BCUT2D eigenvalue weighted by Gasteiger charge is 2.21. The molecule has 1 aromatic carbocycles. The van der Waals surface area contributed by atoms with Crippen LogP contribution in [0.25, 0.3) is 5.70 Å². The summed E-state index contributed by atoms with van der Waals surface area (Å²) in [5.74, 6) is 1.12. The Bertz CT molecular complexity index is 761. The van der Waals surface area contributed by atoms with Gasteiger partial charge in [-0.2, -0.15) is 0 Å². The standard InChI is InChI=1S/C20H24BrN3/c1-14-11-16(3)20(22-13-14)24-9-7-23(8-10-24)17(4)19-6-5-18(21)12-15(19)2/h5-6,11-13H,4,7-10H2,1-3H3. The van der Waals surface area contributed by atoms with Crippen molar-refractivity contribution >= 4 is 27.4 Å². The summed E-state index contributed by atoms with van der Waals surface area (Å²) in [4.78, 5) is 9.40. The lowest BCUT2D eigenvalue weighted by Gasteiger charge is -2.38. The third-order valence-electron chi connectivity index (χ3n) is 4.65. The van der Waals surface area contributed by atoms with Crippen LogP contribution in [-0.4, -0.2) is 36.1 Å². The third-order valence-corrected chi connectivity index (χ3v) is 5.14. The summed E-state index contributed by atoms with van der Waals surface area (Å²) < 4.78 is 1.11. The predicted molar refractivity (Wildman–Crippen MR) is 105 cm³/mol. The zero-order valence-electron chi connectivity index (χ0n) is 14.6. The molecule has 0 spiro atoms. The zero-order valence-corrected chi connectivity index (χ0v) is 16.2. The topological polar surface area (TPSA) is 19.4 Å². The first-order chi connectivity index (χ1) is 11.5. The molecule has 0 atom stereocenters. The molecule has 1 aliphatic heterocycles. The molecule has 1 saturated heterocycles. The first kappa shape index (κ1) is 17.0. The van der Waals surface area contributed by atoms with Crippen LogP contribution in [0, 0.1) is 20.8 Å². The van der Waals surface area contributed by atoms with E-state index in [0.717, 1.165) is 42.2 Å². The lowest BCUT2D eigenvalue weighted by Crippen LogP contribution is -2.46. The molecule has 0 amide bonds. The van der Waals surface area contributed by atoms with Gasteiger partial charge in [-0.25, -0.2) is 4.98 Å². The number of rotatable bonds is 3. The van der Waals surface area contributed by atoms with Gasteiger partial charge in [-0.15, -0.1) is 0 Å². The van der Waals surface area contributed by atoms with Crippen LogP contribution in [0.15, 0.2) is 41.5 Å². The molecule has 0 aliphatic carbocycles. The van der Waals surface area contributed by atoms with Crippen LogP contribution >= 0.6 is 15.9 Å². The molecule has 126 valence electrons. The average molecular weight is 386 g/mol. The van der Waals surface area contributed by atoms with E-state index >= 15 is 0 Å². The fourth-order valence-electron chi connectivity index (χ4n) is 3.35. The van der Waals surface area contributed by atoms with E-state index < -0.39 is 0 Å². The SMILES string of the molecule is C=C(c1ccc(Br)cc1C)N1CCN(c2ncc(C)cc2C)CC1. The molecule has 24 heavy (non-hydrogen) atoms. The Labute approximate surface area is 153 Å². The minimum atomic E-state index is 0.976. The molecule has 2 aromatic rings. The van der Waals surface area contributed by atoms with Crippen molar-refractivity contribution in [2.24, 2.45) is 0 Å². The second-order valence-electron chi connectivity index (χ2n) is 6.53. The van der Waals surface area contributed by atoms with E-state index in [4.69, 9.17) is 0 Å². The molecule has 2 heterocycles. The van der Waals surface area contributed by atoms with Crippen LogP contribution in [0.1, 0.15) is 22.3 Å². The predicted octanol–water partition coefficient (Wildman–Crippen LogP) is 4.56. The van der Waals surface area contributed by atoms with Gasteiger partial charge in [-0.05, 0) is 49.6 Å². The first-order valence-electron chi connectivity index (χ1n) is 8.34. The summed E-state index contributed by atoms with van der Waals surface area (Å²) in [6, 6.07) is 8.60. The maximum atomic E-state index is 4.63. The molecule has 0 radical (unpaired) electrons. The highest BCUT2D eigenvalue weighted by Crippen LogP contribution is 2.26. The maximum Gasteiger partial charge on any atom is 0.131 e. The Morgan fingerprint density at radius 2 is 1.75 bits per heavy atom. The summed E-state index contributed by atoms with van der Waals surface area (Å²) in [5.41, 5.74) is 6.08. The maximum absolute atomic E-state index is 4.63. The van der Waals surface area contributed by atoms with Crippen LogP contribution in [0.2, 0.25) is 0 Å². The largest absolute Gasteiger partial charge is 0.368 e. The smallest absolute Gasteiger partial charge is 0.131 e. The van der Waals surface area contributed by atoms with Crippen molar-refractivity contribution in [2.75, 3.05) is 31.1 Å². The number of benzene rings is 1. The van der Waals surface area contributed by atoms with Crippen LogP contribution in [-0.2, 0) is 0 Å². The normalized spacial score (nSPS) is 14.8. The molecule has 0 saturated carbocycles. The van der Waals surface area contributed by atoms with E-state index in [9.17, 15) is 0 Å². The van der Waals surface area contributed by atoms with E-state index in [0.29, 0.717) is 0 Å². The van der Waals surface area contributed by atoms with Crippen LogP contribution in [0.3, 0.4) is 0 Å². The Morgan fingerprint density at radius 3 is 2.38 bits per heavy atom. The van der Waals surface area contributed by atoms with Gasteiger partial charge in [0.25, 0.3) is 0 Å². The van der Waals surface area contributed by atoms with E-state index in [-0.39, 0.29) is 0 Å². The van der Waals surface area contributed by atoms with Crippen molar-refractivity contribution in [3.63, 3.8) is 0 Å². The minimum Gasteiger partial charge on any atom is -0.368 e. The van der Waals surface area contributed by atoms with Gasteiger partial charge in [0.05, 0.1) is 0 Å².